The predicted molar refractivity (Wildman–Crippen MR) is 52.3 cm³/mol. The van der Waals surface area contributed by atoms with Gasteiger partial charge >= 0.3 is 0 Å². The highest BCUT2D eigenvalue weighted by atomic mass is 35.5. The maximum absolute atomic E-state index is 11.0. The molecule has 1 aromatic rings. The van der Waals surface area contributed by atoms with Crippen LogP contribution in [0.1, 0.15) is 18.7 Å². The summed E-state index contributed by atoms with van der Waals surface area (Å²) < 4.78 is 1.94. The van der Waals surface area contributed by atoms with E-state index >= 15 is 0 Å². The molecule has 0 spiro atoms. The maximum Gasteiger partial charge on any atom is 0.241 e. The molecule has 2 rings (SSSR count). The third-order valence-electron chi connectivity index (χ3n) is 2.23. The number of anilines is 1. The molecule has 1 aliphatic rings. The number of alkyl halides is 1. The van der Waals surface area contributed by atoms with Crippen LogP contribution in [0.15, 0.2) is 0 Å². The van der Waals surface area contributed by atoms with E-state index in [-0.39, 0.29) is 11.8 Å². The van der Waals surface area contributed by atoms with Gasteiger partial charge in [-0.05, 0) is 12.8 Å². The topological polar surface area (TPSA) is 59.8 Å². The molecule has 1 amide bonds. The van der Waals surface area contributed by atoms with Gasteiger partial charge < -0.3 is 0 Å². The molecule has 1 N–H and O–H groups in total. The Hall–Kier alpha value is -1.10. The van der Waals surface area contributed by atoms with Crippen LogP contribution in [0.3, 0.4) is 0 Å². The Bertz CT molecular complexity index is 349. The SMILES string of the molecule is O=C(CCl)Nc1nnc2n1CCCC2. The average Bonchev–Trinajstić information content (AvgIpc) is 2.62. The molecular formula is C8H11ClN4O. The molecule has 2 heterocycles. The molecule has 14 heavy (non-hydrogen) atoms. The normalized spacial score (nSPS) is 14.9. The van der Waals surface area contributed by atoms with Gasteiger partial charge in [0.25, 0.3) is 0 Å². The first-order valence-corrected chi connectivity index (χ1v) is 5.12. The number of aromatic nitrogens is 3. The Labute approximate surface area is 86.5 Å². The predicted octanol–water partition coefficient (Wildman–Crippen LogP) is 0.792. The second-order valence-electron chi connectivity index (χ2n) is 3.23. The fraction of sp³-hybridized carbons (Fsp3) is 0.625. The molecule has 0 saturated carbocycles. The number of hydrogen-bond donors (Lipinski definition) is 1. The van der Waals surface area contributed by atoms with Crippen LogP contribution in [-0.4, -0.2) is 26.6 Å². The lowest BCUT2D eigenvalue weighted by atomic mass is 10.2. The number of halogens is 1. The monoisotopic (exact) mass is 214 g/mol. The minimum atomic E-state index is -0.243. The van der Waals surface area contributed by atoms with Gasteiger partial charge in [-0.25, -0.2) is 0 Å². The van der Waals surface area contributed by atoms with Gasteiger partial charge in [0.2, 0.25) is 11.9 Å². The van der Waals surface area contributed by atoms with E-state index in [1.165, 1.54) is 0 Å². The lowest BCUT2D eigenvalue weighted by molar-refractivity contribution is -0.114. The number of aryl methyl sites for hydroxylation is 1. The van der Waals surface area contributed by atoms with Gasteiger partial charge in [-0.1, -0.05) is 0 Å². The van der Waals surface area contributed by atoms with E-state index in [0.29, 0.717) is 5.95 Å². The van der Waals surface area contributed by atoms with Crippen molar-refractivity contribution in [3.8, 4) is 0 Å². The minimum absolute atomic E-state index is 0.0534. The summed E-state index contributed by atoms with van der Waals surface area (Å²) >= 11 is 5.38. The minimum Gasteiger partial charge on any atom is -0.297 e. The smallest absolute Gasteiger partial charge is 0.241 e. The van der Waals surface area contributed by atoms with Gasteiger partial charge in [0.05, 0.1) is 0 Å². The van der Waals surface area contributed by atoms with Gasteiger partial charge in [0, 0.05) is 13.0 Å². The molecule has 76 valence electrons. The fourth-order valence-corrected chi connectivity index (χ4v) is 1.63. The van der Waals surface area contributed by atoms with Crippen LogP contribution in [0.5, 0.6) is 0 Å². The number of carbonyl (C=O) groups excluding carboxylic acids is 1. The Kier molecular flexibility index (Phi) is 2.67. The second kappa shape index (κ2) is 3.96. The number of amides is 1. The molecular weight excluding hydrogens is 204 g/mol. The van der Waals surface area contributed by atoms with Crippen molar-refractivity contribution >= 4 is 23.5 Å². The van der Waals surface area contributed by atoms with Crippen LogP contribution in [-0.2, 0) is 17.8 Å². The van der Waals surface area contributed by atoms with E-state index in [1.54, 1.807) is 0 Å². The average molecular weight is 215 g/mol. The number of rotatable bonds is 2. The summed E-state index contributed by atoms with van der Waals surface area (Å²) in [6.07, 6.45) is 3.18. The quantitative estimate of drug-likeness (QED) is 0.741. The van der Waals surface area contributed by atoms with Crippen molar-refractivity contribution in [2.24, 2.45) is 0 Å². The first kappa shape index (κ1) is 9.45. The van der Waals surface area contributed by atoms with Gasteiger partial charge in [0.15, 0.2) is 0 Å². The first-order chi connectivity index (χ1) is 6.81. The summed E-state index contributed by atoms with van der Waals surface area (Å²) in [5.41, 5.74) is 0. The molecule has 1 aromatic heterocycles. The van der Waals surface area contributed by atoms with E-state index in [9.17, 15) is 4.79 Å². The van der Waals surface area contributed by atoms with Gasteiger partial charge in [-0.15, -0.1) is 21.8 Å². The van der Waals surface area contributed by atoms with Crippen LogP contribution in [0, 0.1) is 0 Å². The summed E-state index contributed by atoms with van der Waals surface area (Å²) in [5, 5.41) is 10.5. The summed E-state index contributed by atoms with van der Waals surface area (Å²) in [7, 11) is 0. The highest BCUT2D eigenvalue weighted by molar-refractivity contribution is 6.28. The van der Waals surface area contributed by atoms with Crippen LogP contribution >= 0.6 is 11.6 Å². The van der Waals surface area contributed by atoms with Crippen molar-refractivity contribution in [3.05, 3.63) is 5.82 Å². The van der Waals surface area contributed by atoms with Crippen LogP contribution in [0.2, 0.25) is 0 Å². The molecule has 1 aliphatic heterocycles. The molecule has 6 heteroatoms. The van der Waals surface area contributed by atoms with Gasteiger partial charge in [-0.3, -0.25) is 14.7 Å². The van der Waals surface area contributed by atoms with Crippen molar-refractivity contribution in [1.29, 1.82) is 0 Å². The van der Waals surface area contributed by atoms with Crippen molar-refractivity contribution in [1.82, 2.24) is 14.8 Å². The molecule has 0 atom stereocenters. The summed E-state index contributed by atoms with van der Waals surface area (Å²) in [5.74, 6) is 1.17. The molecule has 0 aromatic carbocycles. The standard InChI is InChI=1S/C8H11ClN4O/c9-5-7(14)10-8-12-11-6-3-1-2-4-13(6)8/h1-5H2,(H,10,12,14). The molecule has 0 unspecified atom stereocenters. The van der Waals surface area contributed by atoms with Crippen molar-refractivity contribution < 1.29 is 4.79 Å². The van der Waals surface area contributed by atoms with E-state index in [1.807, 2.05) is 4.57 Å². The number of hydrogen-bond acceptors (Lipinski definition) is 3. The van der Waals surface area contributed by atoms with Crippen LogP contribution < -0.4 is 5.32 Å². The molecule has 0 fully saturated rings. The van der Waals surface area contributed by atoms with E-state index in [2.05, 4.69) is 15.5 Å². The number of nitrogens with one attached hydrogen (secondary N) is 1. The summed E-state index contributed by atoms with van der Waals surface area (Å²) in [6, 6.07) is 0. The molecule has 0 radical (unpaired) electrons. The highest BCUT2D eigenvalue weighted by Gasteiger charge is 2.16. The molecule has 0 aliphatic carbocycles. The van der Waals surface area contributed by atoms with Gasteiger partial charge in [-0.2, -0.15) is 0 Å². The Morgan fingerprint density at radius 3 is 3.14 bits per heavy atom. The Balaban J connectivity index is 2.18. The molecule has 0 saturated heterocycles. The number of carbonyl (C=O) groups is 1. The lowest BCUT2D eigenvalue weighted by Gasteiger charge is -2.14. The lowest BCUT2D eigenvalue weighted by Crippen LogP contribution is -2.19. The summed E-state index contributed by atoms with van der Waals surface area (Å²) in [4.78, 5) is 11.0. The van der Waals surface area contributed by atoms with Crippen LogP contribution in [0.25, 0.3) is 0 Å². The zero-order valence-corrected chi connectivity index (χ0v) is 8.42. The van der Waals surface area contributed by atoms with Crippen molar-refractivity contribution in [3.63, 3.8) is 0 Å². The van der Waals surface area contributed by atoms with E-state index in [0.717, 1.165) is 31.6 Å². The first-order valence-electron chi connectivity index (χ1n) is 4.59. The fourth-order valence-electron chi connectivity index (χ4n) is 1.56. The van der Waals surface area contributed by atoms with Crippen molar-refractivity contribution in [2.45, 2.75) is 25.8 Å². The third kappa shape index (κ3) is 1.72. The maximum atomic E-state index is 11.0. The number of nitrogens with zero attached hydrogens (tertiary/aromatic N) is 3. The van der Waals surface area contributed by atoms with Crippen LogP contribution in [0.4, 0.5) is 5.95 Å². The third-order valence-corrected chi connectivity index (χ3v) is 2.47. The van der Waals surface area contributed by atoms with Crippen molar-refractivity contribution in [2.75, 3.05) is 11.2 Å². The second-order valence-corrected chi connectivity index (χ2v) is 3.50. The Morgan fingerprint density at radius 1 is 1.50 bits per heavy atom. The number of fused-ring (bicyclic) bond motifs is 1. The van der Waals surface area contributed by atoms with E-state index in [4.69, 9.17) is 11.6 Å². The largest absolute Gasteiger partial charge is 0.297 e. The molecule has 0 bridgehead atoms. The summed E-state index contributed by atoms with van der Waals surface area (Å²) in [6.45, 7) is 0.875. The molecule has 5 nitrogen and oxygen atoms in total. The Morgan fingerprint density at radius 2 is 2.36 bits per heavy atom. The zero-order valence-electron chi connectivity index (χ0n) is 7.66. The zero-order chi connectivity index (χ0) is 9.97. The highest BCUT2D eigenvalue weighted by Crippen LogP contribution is 2.16. The van der Waals surface area contributed by atoms with Gasteiger partial charge in [0.1, 0.15) is 11.7 Å². The van der Waals surface area contributed by atoms with E-state index < -0.39 is 0 Å².